The van der Waals surface area contributed by atoms with Crippen molar-refractivity contribution in [2.24, 2.45) is 5.92 Å². The lowest BCUT2D eigenvalue weighted by molar-refractivity contribution is -0.146. The lowest BCUT2D eigenvalue weighted by Gasteiger charge is -2.31. The third-order valence-electron chi connectivity index (χ3n) is 8.16. The monoisotopic (exact) mass is 562 g/mol. The fourth-order valence-corrected chi connectivity index (χ4v) is 8.97. The van der Waals surface area contributed by atoms with Gasteiger partial charge in [-0.25, -0.2) is 0 Å². The van der Waals surface area contributed by atoms with E-state index in [4.69, 9.17) is 9.47 Å². The van der Waals surface area contributed by atoms with Crippen molar-refractivity contribution >= 4 is 31.6 Å². The second-order valence-corrected chi connectivity index (χ2v) is 14.9. The Balaban J connectivity index is 1.42. The number of hydrogen-bond acceptors (Lipinski definition) is 5. The number of hydrogen-bond donors (Lipinski definition) is 2. The van der Waals surface area contributed by atoms with E-state index >= 15 is 4.11 Å². The molecule has 2 N–H and O–H groups in total. The predicted molar refractivity (Wildman–Crippen MR) is 155 cm³/mol. The molecule has 2 amide bonds. The van der Waals surface area contributed by atoms with Gasteiger partial charge in [0.05, 0.1) is 25.4 Å². The van der Waals surface area contributed by atoms with E-state index in [2.05, 4.69) is 5.32 Å². The number of aliphatic hydroxyl groups excluding tert-OH is 1. The largest absolute Gasteiger partial charge is 0.497 e. The highest BCUT2D eigenvalue weighted by Crippen LogP contribution is 2.60. The van der Waals surface area contributed by atoms with Gasteiger partial charge in [0.1, 0.15) is 5.75 Å². The molecule has 7 nitrogen and oxygen atoms in total. The van der Waals surface area contributed by atoms with Crippen LogP contribution in [0.15, 0.2) is 72.8 Å². The molecule has 210 valence electrons. The SMILES string of the molecule is COc1ccc(C(=O)Nc2cccc(CN3C(=O)[C@@]4(O[C@@H](CCO)[C@H]([Si](C)(C)F)[C@H]4C)c4ccccc43)c2)cc1. The smallest absolute Gasteiger partial charge is 0.264 e. The van der Waals surface area contributed by atoms with E-state index in [1.54, 1.807) is 55.4 Å². The summed E-state index contributed by atoms with van der Waals surface area (Å²) in [5.41, 5.74) is 1.64. The van der Waals surface area contributed by atoms with Gasteiger partial charge in [0.2, 0.25) is 8.41 Å². The highest BCUT2D eigenvalue weighted by atomic mass is 28.4. The van der Waals surface area contributed by atoms with Gasteiger partial charge in [-0.15, -0.1) is 0 Å². The predicted octanol–water partition coefficient (Wildman–Crippen LogP) is 5.65. The zero-order valence-corrected chi connectivity index (χ0v) is 24.2. The Labute approximate surface area is 235 Å². The van der Waals surface area contributed by atoms with Crippen molar-refractivity contribution < 1.29 is 28.3 Å². The third-order valence-corrected chi connectivity index (χ3v) is 10.6. The minimum Gasteiger partial charge on any atom is -0.497 e. The van der Waals surface area contributed by atoms with E-state index in [1.165, 1.54) is 0 Å². The molecule has 5 rings (SSSR count). The number of amides is 2. The van der Waals surface area contributed by atoms with Crippen molar-refractivity contribution in [1.29, 1.82) is 0 Å². The first-order chi connectivity index (χ1) is 19.1. The summed E-state index contributed by atoms with van der Waals surface area (Å²) < 4.78 is 27.3. The number of aliphatic hydroxyl groups is 1. The summed E-state index contributed by atoms with van der Waals surface area (Å²) in [7, 11) is -1.67. The first kappa shape index (κ1) is 28.0. The molecule has 0 radical (unpaired) electrons. The lowest BCUT2D eigenvalue weighted by atomic mass is 9.82. The Morgan fingerprint density at radius 1 is 1.12 bits per heavy atom. The Morgan fingerprint density at radius 3 is 2.52 bits per heavy atom. The van der Waals surface area contributed by atoms with Crippen LogP contribution in [0.5, 0.6) is 5.75 Å². The zero-order chi connectivity index (χ0) is 28.7. The minimum atomic E-state index is -3.24. The number of ether oxygens (including phenoxy) is 2. The topological polar surface area (TPSA) is 88.1 Å². The van der Waals surface area contributed by atoms with Crippen molar-refractivity contribution in [3.63, 3.8) is 0 Å². The van der Waals surface area contributed by atoms with Crippen LogP contribution < -0.4 is 15.0 Å². The summed E-state index contributed by atoms with van der Waals surface area (Å²) in [4.78, 5) is 28.8. The van der Waals surface area contributed by atoms with Crippen LogP contribution in [-0.2, 0) is 21.7 Å². The summed E-state index contributed by atoms with van der Waals surface area (Å²) in [6.45, 7) is 5.32. The van der Waals surface area contributed by atoms with Gasteiger partial charge in [-0.1, -0.05) is 37.3 Å². The van der Waals surface area contributed by atoms with Gasteiger partial charge in [-0.05, 0) is 67.5 Å². The summed E-state index contributed by atoms with van der Waals surface area (Å²) in [6.07, 6.45) is -0.261. The van der Waals surface area contributed by atoms with Crippen LogP contribution in [0.1, 0.15) is 34.8 Å². The van der Waals surface area contributed by atoms with Gasteiger partial charge >= 0.3 is 0 Å². The van der Waals surface area contributed by atoms with Gasteiger partial charge < -0.3 is 28.9 Å². The number of methoxy groups -OCH3 is 1. The molecule has 1 saturated heterocycles. The molecule has 0 aliphatic carbocycles. The Morgan fingerprint density at radius 2 is 1.85 bits per heavy atom. The molecule has 0 aromatic heterocycles. The van der Waals surface area contributed by atoms with Crippen molar-refractivity contribution in [3.05, 3.63) is 89.5 Å². The quantitative estimate of drug-likeness (QED) is 0.274. The molecule has 4 atom stereocenters. The van der Waals surface area contributed by atoms with Crippen LogP contribution in [0, 0.1) is 5.92 Å². The summed E-state index contributed by atoms with van der Waals surface area (Å²) >= 11 is 0. The lowest BCUT2D eigenvalue weighted by Crippen LogP contribution is -2.45. The molecule has 2 aliphatic heterocycles. The van der Waals surface area contributed by atoms with Gasteiger partial charge in [-0.3, -0.25) is 9.59 Å². The van der Waals surface area contributed by atoms with Crippen molar-refractivity contribution in [2.45, 2.75) is 50.2 Å². The summed E-state index contributed by atoms with van der Waals surface area (Å²) in [6, 6.07) is 21.7. The van der Waals surface area contributed by atoms with Crippen molar-refractivity contribution in [2.75, 3.05) is 23.9 Å². The van der Waals surface area contributed by atoms with E-state index in [1.807, 2.05) is 49.4 Å². The number of carbonyl (C=O) groups excluding carboxylic acids is 2. The molecule has 0 saturated carbocycles. The number of nitrogens with one attached hydrogen (secondary N) is 1. The Kier molecular flexibility index (Phi) is 7.56. The van der Waals surface area contributed by atoms with E-state index in [0.717, 1.165) is 16.8 Å². The number of benzene rings is 3. The maximum atomic E-state index is 15.6. The molecule has 3 aromatic rings. The zero-order valence-electron chi connectivity index (χ0n) is 23.2. The van der Waals surface area contributed by atoms with Crippen LogP contribution in [0.4, 0.5) is 15.5 Å². The summed E-state index contributed by atoms with van der Waals surface area (Å²) in [5.74, 6) is -0.214. The van der Waals surface area contributed by atoms with Crippen molar-refractivity contribution in [1.82, 2.24) is 0 Å². The average Bonchev–Trinajstić information content (AvgIpc) is 3.36. The Bertz CT molecular complexity index is 1410. The van der Waals surface area contributed by atoms with Crippen LogP contribution in [0.2, 0.25) is 18.6 Å². The first-order valence-corrected chi connectivity index (χ1v) is 16.5. The normalized spacial score (nSPS) is 23.9. The number of halogens is 1. The molecule has 1 spiro atoms. The second kappa shape index (κ2) is 10.8. The fraction of sp³-hybridized carbons (Fsp3) is 0.355. The molecule has 2 aliphatic rings. The molecule has 0 unspecified atom stereocenters. The Hall–Kier alpha value is -3.53. The highest BCUT2D eigenvalue weighted by molar-refractivity contribution is 6.72. The number of nitrogens with zero attached hydrogens (tertiary/aromatic N) is 1. The van der Waals surface area contributed by atoms with Crippen LogP contribution in [-0.4, -0.2) is 45.1 Å². The molecule has 3 aromatic carbocycles. The fourth-order valence-electron chi connectivity index (χ4n) is 6.43. The van der Waals surface area contributed by atoms with Gasteiger partial charge in [0.15, 0.2) is 5.60 Å². The van der Waals surface area contributed by atoms with Gasteiger partial charge in [0.25, 0.3) is 11.8 Å². The molecular weight excluding hydrogens is 527 g/mol. The maximum Gasteiger partial charge on any atom is 0.264 e. The van der Waals surface area contributed by atoms with Crippen LogP contribution in [0.25, 0.3) is 0 Å². The molecule has 2 heterocycles. The van der Waals surface area contributed by atoms with E-state index in [0.29, 0.717) is 17.0 Å². The molecule has 0 bridgehead atoms. The van der Waals surface area contributed by atoms with Gasteiger partial charge in [-0.2, -0.15) is 0 Å². The number of carbonyl (C=O) groups is 2. The number of fused-ring (bicyclic) bond motifs is 2. The molecule has 9 heteroatoms. The van der Waals surface area contributed by atoms with Crippen LogP contribution >= 0.6 is 0 Å². The molecular formula is C31H35FN2O5Si. The number of anilines is 2. The second-order valence-electron chi connectivity index (χ2n) is 11.1. The van der Waals surface area contributed by atoms with Crippen molar-refractivity contribution in [3.8, 4) is 5.75 Å². The van der Waals surface area contributed by atoms with E-state index < -0.39 is 31.6 Å². The number of para-hydroxylation sites is 1. The minimum absolute atomic E-state index is 0.136. The highest BCUT2D eigenvalue weighted by Gasteiger charge is 2.66. The third kappa shape index (κ3) is 4.82. The average molecular weight is 563 g/mol. The molecule has 1 fully saturated rings. The molecule has 40 heavy (non-hydrogen) atoms. The van der Waals surface area contributed by atoms with E-state index in [-0.39, 0.29) is 31.4 Å². The van der Waals surface area contributed by atoms with Gasteiger partial charge in [0, 0.05) is 34.9 Å². The first-order valence-electron chi connectivity index (χ1n) is 13.5. The summed E-state index contributed by atoms with van der Waals surface area (Å²) in [5, 5.41) is 12.6. The standard InChI is InChI=1S/C31H35FN2O5Si/c1-20-28(40(3,4)32)27(16-17-35)39-31(20)25-10-5-6-11-26(25)34(30(31)37)19-21-8-7-9-23(18-21)33-29(36)22-12-14-24(38-2)15-13-22/h5-15,18,20,27-28,35H,16-17,19H2,1-4H3,(H,33,36)/t20-,27+,28-,31+/m1/s1. The van der Waals surface area contributed by atoms with E-state index in [9.17, 15) is 14.7 Å². The van der Waals surface area contributed by atoms with Crippen LogP contribution in [0.3, 0.4) is 0 Å². The number of rotatable bonds is 8. The maximum absolute atomic E-state index is 15.6.